The first-order valence-corrected chi connectivity index (χ1v) is 18.9. The van der Waals surface area contributed by atoms with Crippen LogP contribution >= 0.6 is 24.8 Å². The second-order valence-electron chi connectivity index (χ2n) is 10.7. The van der Waals surface area contributed by atoms with E-state index in [0.717, 1.165) is 0 Å². The molecular weight excluding hydrogens is 546 g/mol. The van der Waals surface area contributed by atoms with Crippen molar-refractivity contribution >= 4 is 58.5 Å². The van der Waals surface area contributed by atoms with Crippen LogP contribution in [0.5, 0.6) is 0 Å². The Labute approximate surface area is 225 Å². The number of hydrogen-bond donors (Lipinski definition) is 0. The summed E-state index contributed by atoms with van der Waals surface area (Å²) in [5, 5.41) is 5.65. The molecule has 1 fully saturated rings. The third kappa shape index (κ3) is 3.57. The van der Waals surface area contributed by atoms with Crippen LogP contribution in [0.25, 0.3) is 33.7 Å². The molecule has 0 aromatic heterocycles. The largest absolute Gasteiger partial charge is 0.147 e. The third-order valence-corrected chi connectivity index (χ3v) is 24.7. The molecule has 3 heteroatoms. The summed E-state index contributed by atoms with van der Waals surface area (Å²) in [5.41, 5.74) is 9.67. The standard InChI is InChI=1S/2C14H11.C4H8.2ClH.Zr/c2*1-10-8-12-7-6-11-4-2-3-5-13(11)14(12)9-10;1-3-4-2;;;/h2*2-9H,1H3;1-4H2;2*1H;. The van der Waals surface area contributed by atoms with E-state index in [1.54, 1.807) is 22.3 Å². The normalized spacial score (nSPS) is 21.7. The molecule has 0 nitrogen and oxygen atoms in total. The zero-order valence-corrected chi connectivity index (χ0v) is 24.5. The van der Waals surface area contributed by atoms with E-state index in [0.29, 0.717) is 7.25 Å². The number of hydrogen-bond acceptors (Lipinski definition) is 0. The van der Waals surface area contributed by atoms with Crippen LogP contribution < -0.4 is 0 Å². The summed E-state index contributed by atoms with van der Waals surface area (Å²) in [7, 11) is 0. The van der Waals surface area contributed by atoms with E-state index in [4.69, 9.17) is 0 Å². The summed E-state index contributed by atoms with van der Waals surface area (Å²) < 4.78 is 4.48. The summed E-state index contributed by atoms with van der Waals surface area (Å²) in [6, 6.07) is 27.7. The molecule has 0 saturated carbocycles. The van der Waals surface area contributed by atoms with Gasteiger partial charge in [-0.05, 0) is 0 Å². The van der Waals surface area contributed by atoms with Gasteiger partial charge in [-0.1, -0.05) is 0 Å². The van der Waals surface area contributed by atoms with Gasteiger partial charge in [-0.15, -0.1) is 24.8 Å². The molecule has 1 aliphatic heterocycles. The molecule has 0 N–H and O–H groups in total. The van der Waals surface area contributed by atoms with Crippen LogP contribution in [0.4, 0.5) is 0 Å². The molecule has 178 valence electrons. The first kappa shape index (κ1) is 25.0. The van der Waals surface area contributed by atoms with Gasteiger partial charge in [-0.3, -0.25) is 0 Å². The fraction of sp³-hybridized carbons (Fsp3) is 0.250. The van der Waals surface area contributed by atoms with Crippen LogP contribution in [0.2, 0.25) is 8.26 Å². The van der Waals surface area contributed by atoms with Gasteiger partial charge in [0.05, 0.1) is 0 Å². The van der Waals surface area contributed by atoms with Crippen molar-refractivity contribution < 1.29 is 20.3 Å². The molecule has 2 atom stereocenters. The molecule has 0 amide bonds. The van der Waals surface area contributed by atoms with Gasteiger partial charge in [0.1, 0.15) is 0 Å². The maximum absolute atomic E-state index is 2.72. The Kier molecular flexibility index (Phi) is 6.67. The maximum Gasteiger partial charge on any atom is -0.147 e. The van der Waals surface area contributed by atoms with Crippen LogP contribution in [-0.2, 0) is 20.3 Å². The fourth-order valence-corrected chi connectivity index (χ4v) is 25.8. The van der Waals surface area contributed by atoms with E-state index in [2.05, 4.69) is 98.8 Å². The van der Waals surface area contributed by atoms with Gasteiger partial charge < -0.3 is 0 Å². The topological polar surface area (TPSA) is 0 Å². The average Bonchev–Trinajstić information content (AvgIpc) is 3.54. The molecule has 3 aliphatic rings. The molecule has 1 saturated heterocycles. The van der Waals surface area contributed by atoms with Gasteiger partial charge in [0.25, 0.3) is 0 Å². The van der Waals surface area contributed by atoms with Crippen molar-refractivity contribution in [3.63, 3.8) is 0 Å². The van der Waals surface area contributed by atoms with Crippen LogP contribution in [-0.4, -0.2) is 0 Å². The molecule has 0 radical (unpaired) electrons. The molecule has 0 spiro atoms. The zero-order chi connectivity index (χ0) is 22.2. The predicted octanol–water partition coefficient (Wildman–Crippen LogP) is 10.2. The summed E-state index contributed by atoms with van der Waals surface area (Å²) in [6.45, 7) is 4.90. The van der Waals surface area contributed by atoms with Gasteiger partial charge in [0.15, 0.2) is 0 Å². The Morgan fingerprint density at radius 3 is 1.46 bits per heavy atom. The van der Waals surface area contributed by atoms with Crippen molar-refractivity contribution in [2.75, 3.05) is 0 Å². The van der Waals surface area contributed by atoms with Crippen molar-refractivity contribution in [3.8, 4) is 0 Å². The molecule has 1 heterocycles. The minimum Gasteiger partial charge on any atom is -0.147 e. The van der Waals surface area contributed by atoms with Gasteiger partial charge in [-0.25, -0.2) is 0 Å². The summed E-state index contributed by atoms with van der Waals surface area (Å²) in [6.07, 6.45) is 8.01. The maximum atomic E-state index is 2.56. The summed E-state index contributed by atoms with van der Waals surface area (Å²) >= 11 is -2.72. The third-order valence-electron chi connectivity index (χ3n) is 8.97. The number of benzene rings is 4. The molecule has 4 aromatic carbocycles. The van der Waals surface area contributed by atoms with E-state index in [1.165, 1.54) is 53.8 Å². The zero-order valence-electron chi connectivity index (χ0n) is 20.4. The van der Waals surface area contributed by atoms with E-state index < -0.39 is 20.3 Å². The second-order valence-corrected chi connectivity index (χ2v) is 22.0. The smallest absolute Gasteiger partial charge is 0.147 e. The van der Waals surface area contributed by atoms with Crippen LogP contribution in [0.3, 0.4) is 0 Å². The molecular formula is C32H32Cl2Zr. The molecule has 7 rings (SSSR count). The molecule has 4 aromatic rings. The monoisotopic (exact) mass is 576 g/mol. The number of rotatable bonds is 2. The van der Waals surface area contributed by atoms with Crippen molar-refractivity contribution in [1.29, 1.82) is 0 Å². The van der Waals surface area contributed by atoms with Gasteiger partial charge in [-0.2, -0.15) is 0 Å². The predicted molar refractivity (Wildman–Crippen MR) is 154 cm³/mol. The Morgan fingerprint density at radius 2 is 1.00 bits per heavy atom. The van der Waals surface area contributed by atoms with Crippen LogP contribution in [0.1, 0.15) is 56.2 Å². The van der Waals surface area contributed by atoms with Crippen molar-refractivity contribution in [2.24, 2.45) is 0 Å². The molecule has 35 heavy (non-hydrogen) atoms. The quantitative estimate of drug-likeness (QED) is 0.222. The van der Waals surface area contributed by atoms with Crippen LogP contribution in [0, 0.1) is 0 Å². The number of allylic oxidation sites excluding steroid dienone is 2. The summed E-state index contributed by atoms with van der Waals surface area (Å²) in [4.78, 5) is 0. The average molecular weight is 579 g/mol. The fourth-order valence-electron chi connectivity index (χ4n) is 7.87. The second kappa shape index (κ2) is 9.33. The minimum atomic E-state index is -2.72. The Hall–Kier alpha value is -1.66. The number of halogens is 2. The molecule has 0 bridgehead atoms. The van der Waals surface area contributed by atoms with Crippen LogP contribution in [0.15, 0.2) is 83.9 Å². The molecule has 2 unspecified atom stereocenters. The van der Waals surface area contributed by atoms with E-state index in [-0.39, 0.29) is 24.8 Å². The minimum absolute atomic E-state index is 0. The van der Waals surface area contributed by atoms with E-state index in [9.17, 15) is 0 Å². The Bertz CT molecular complexity index is 1400. The summed E-state index contributed by atoms with van der Waals surface area (Å²) in [5.74, 6) is 0. The van der Waals surface area contributed by atoms with Gasteiger partial charge in [0, 0.05) is 0 Å². The van der Waals surface area contributed by atoms with Gasteiger partial charge >= 0.3 is 202 Å². The SMILES string of the molecule is CC1=Cc2c(ccc3ccccc23)[CH]1[Zr]1([CH]2C(C)=Cc3c2ccc2ccccc32)[CH2]CC[CH2]1.Cl.Cl. The van der Waals surface area contributed by atoms with Crippen molar-refractivity contribution in [3.05, 3.63) is 106 Å². The first-order valence-electron chi connectivity index (χ1n) is 12.6. The van der Waals surface area contributed by atoms with Crippen molar-refractivity contribution in [2.45, 2.75) is 42.2 Å². The molecule has 2 aliphatic carbocycles. The Balaban J connectivity index is 0.00000127. The van der Waals surface area contributed by atoms with E-state index >= 15 is 0 Å². The number of fused-ring (bicyclic) bond motifs is 6. The van der Waals surface area contributed by atoms with Gasteiger partial charge in [0.2, 0.25) is 0 Å². The Morgan fingerprint density at radius 1 is 0.571 bits per heavy atom. The van der Waals surface area contributed by atoms with E-state index in [1.807, 2.05) is 0 Å². The van der Waals surface area contributed by atoms with Crippen molar-refractivity contribution in [1.82, 2.24) is 0 Å². The first-order chi connectivity index (χ1) is 16.2.